The molecule has 2 heterocycles. The molecule has 0 aliphatic carbocycles. The lowest BCUT2D eigenvalue weighted by Gasteiger charge is -1.96. The molecule has 0 unspecified atom stereocenters. The van der Waals surface area contributed by atoms with E-state index in [9.17, 15) is 0 Å². The SMILES string of the molecule is O.c1cc[n+](-c2ccc(-[n+]3ccccc3)cc2)cc1. The fourth-order valence-electron chi connectivity index (χ4n) is 1.94. The van der Waals surface area contributed by atoms with Gasteiger partial charge in [0.1, 0.15) is 0 Å². The van der Waals surface area contributed by atoms with Crippen LogP contribution < -0.4 is 9.13 Å². The first-order valence-corrected chi connectivity index (χ1v) is 5.97. The Hall–Kier alpha value is -2.52. The Morgan fingerprint density at radius 3 is 1.11 bits per heavy atom. The van der Waals surface area contributed by atoms with E-state index in [0.29, 0.717) is 0 Å². The second kappa shape index (κ2) is 5.89. The lowest BCUT2D eigenvalue weighted by molar-refractivity contribution is -0.599. The van der Waals surface area contributed by atoms with Crippen molar-refractivity contribution in [1.29, 1.82) is 0 Å². The van der Waals surface area contributed by atoms with Gasteiger partial charge in [0, 0.05) is 48.5 Å². The Kier molecular flexibility index (Phi) is 4.00. The van der Waals surface area contributed by atoms with Crippen LogP contribution in [0.15, 0.2) is 85.5 Å². The summed E-state index contributed by atoms with van der Waals surface area (Å²) in [5, 5.41) is 0. The highest BCUT2D eigenvalue weighted by Gasteiger charge is 2.08. The maximum Gasteiger partial charge on any atom is 0.211 e. The maximum atomic E-state index is 2.12. The van der Waals surface area contributed by atoms with Crippen molar-refractivity contribution in [3.63, 3.8) is 0 Å². The van der Waals surface area contributed by atoms with Gasteiger partial charge in [0.25, 0.3) is 0 Å². The lowest BCUT2D eigenvalue weighted by atomic mass is 10.2. The van der Waals surface area contributed by atoms with Gasteiger partial charge < -0.3 is 5.48 Å². The van der Waals surface area contributed by atoms with Gasteiger partial charge in [-0.15, -0.1) is 0 Å². The van der Waals surface area contributed by atoms with Crippen molar-refractivity contribution in [2.45, 2.75) is 0 Å². The zero-order valence-corrected chi connectivity index (χ0v) is 10.5. The van der Waals surface area contributed by atoms with Crippen molar-refractivity contribution in [3.8, 4) is 11.4 Å². The number of pyridine rings is 2. The topological polar surface area (TPSA) is 39.3 Å². The Balaban J connectivity index is 0.00000133. The van der Waals surface area contributed by atoms with E-state index in [4.69, 9.17) is 0 Å². The number of rotatable bonds is 2. The molecule has 2 N–H and O–H groups in total. The normalized spacial score (nSPS) is 9.68. The largest absolute Gasteiger partial charge is 0.412 e. The maximum absolute atomic E-state index is 2.12. The predicted molar refractivity (Wildman–Crippen MR) is 73.1 cm³/mol. The Bertz CT molecular complexity index is 563. The molecular formula is C16H16N2O+2. The third-order valence-corrected chi connectivity index (χ3v) is 2.88. The molecule has 1 aromatic carbocycles. The smallest absolute Gasteiger partial charge is 0.211 e. The van der Waals surface area contributed by atoms with Gasteiger partial charge in [0.15, 0.2) is 24.8 Å². The highest BCUT2D eigenvalue weighted by Crippen LogP contribution is 2.03. The third-order valence-electron chi connectivity index (χ3n) is 2.88. The first kappa shape index (κ1) is 12.9. The first-order valence-electron chi connectivity index (χ1n) is 5.97. The van der Waals surface area contributed by atoms with Crippen molar-refractivity contribution >= 4 is 0 Å². The Morgan fingerprint density at radius 1 is 0.474 bits per heavy atom. The Labute approximate surface area is 112 Å². The van der Waals surface area contributed by atoms with Crippen LogP contribution in [0.5, 0.6) is 0 Å². The van der Waals surface area contributed by atoms with Crippen LogP contribution >= 0.6 is 0 Å². The quantitative estimate of drug-likeness (QED) is 0.619. The van der Waals surface area contributed by atoms with E-state index < -0.39 is 0 Å². The van der Waals surface area contributed by atoms with Gasteiger partial charge in [-0.25, -0.2) is 0 Å². The molecule has 0 amide bonds. The van der Waals surface area contributed by atoms with Crippen molar-refractivity contribution in [2.24, 2.45) is 0 Å². The number of hydrogen-bond donors (Lipinski definition) is 0. The van der Waals surface area contributed by atoms with Gasteiger partial charge in [0.2, 0.25) is 11.4 Å². The van der Waals surface area contributed by atoms with Crippen LogP contribution in [-0.4, -0.2) is 5.48 Å². The Morgan fingerprint density at radius 2 is 0.789 bits per heavy atom. The molecule has 2 aromatic heterocycles. The summed E-state index contributed by atoms with van der Waals surface area (Å²) in [6.45, 7) is 0. The summed E-state index contributed by atoms with van der Waals surface area (Å²) in [7, 11) is 0. The number of aromatic nitrogens is 2. The van der Waals surface area contributed by atoms with E-state index in [2.05, 4.69) is 33.4 Å². The third kappa shape index (κ3) is 2.84. The van der Waals surface area contributed by atoms with Gasteiger partial charge in [0.05, 0.1) is 0 Å². The van der Waals surface area contributed by atoms with E-state index in [1.807, 2.05) is 61.2 Å². The molecular weight excluding hydrogens is 236 g/mol. The molecule has 0 aliphatic rings. The summed E-state index contributed by atoms with van der Waals surface area (Å²) >= 11 is 0. The van der Waals surface area contributed by atoms with Crippen LogP contribution in [0.1, 0.15) is 0 Å². The van der Waals surface area contributed by atoms with E-state index in [-0.39, 0.29) is 5.48 Å². The van der Waals surface area contributed by atoms with Crippen molar-refractivity contribution in [2.75, 3.05) is 0 Å². The fourth-order valence-corrected chi connectivity index (χ4v) is 1.94. The molecule has 0 saturated heterocycles. The molecule has 3 rings (SSSR count). The molecule has 0 radical (unpaired) electrons. The minimum atomic E-state index is 0. The summed E-state index contributed by atoms with van der Waals surface area (Å²) in [5.41, 5.74) is 2.33. The van der Waals surface area contributed by atoms with Crippen molar-refractivity contribution in [1.82, 2.24) is 0 Å². The molecule has 19 heavy (non-hydrogen) atoms. The molecule has 94 valence electrons. The molecule has 0 bridgehead atoms. The number of nitrogens with zero attached hydrogens (tertiary/aromatic N) is 2. The second-order valence-electron chi connectivity index (χ2n) is 4.08. The number of benzene rings is 1. The van der Waals surface area contributed by atoms with Crippen LogP contribution in [0.2, 0.25) is 0 Å². The van der Waals surface area contributed by atoms with Crippen molar-refractivity contribution < 1.29 is 14.6 Å². The summed E-state index contributed by atoms with van der Waals surface area (Å²) in [6.07, 6.45) is 8.19. The summed E-state index contributed by atoms with van der Waals surface area (Å²) < 4.78 is 4.19. The standard InChI is InChI=1S/C16H14N2.H2O/c1-3-11-17(12-4-1)15-7-9-16(10-8-15)18-13-5-2-6-14-18;/h1-14H;1H2/q+2;. The lowest BCUT2D eigenvalue weighted by Crippen LogP contribution is -2.31. The summed E-state index contributed by atoms with van der Waals surface area (Å²) in [5.74, 6) is 0. The van der Waals surface area contributed by atoms with Gasteiger partial charge in [-0.05, 0) is 0 Å². The van der Waals surface area contributed by atoms with Crippen molar-refractivity contribution in [3.05, 3.63) is 85.5 Å². The van der Waals surface area contributed by atoms with E-state index in [1.54, 1.807) is 0 Å². The van der Waals surface area contributed by atoms with Gasteiger partial charge in [-0.3, -0.25) is 0 Å². The van der Waals surface area contributed by atoms with E-state index >= 15 is 0 Å². The molecule has 0 saturated carbocycles. The zero-order chi connectivity index (χ0) is 12.2. The molecule has 0 fully saturated rings. The fraction of sp³-hybridized carbons (Fsp3) is 0. The first-order chi connectivity index (χ1) is 8.93. The van der Waals surface area contributed by atoms with E-state index in [1.165, 1.54) is 0 Å². The summed E-state index contributed by atoms with van der Waals surface area (Å²) in [4.78, 5) is 0. The van der Waals surface area contributed by atoms with Crippen LogP contribution in [0.3, 0.4) is 0 Å². The molecule has 3 heteroatoms. The number of hydrogen-bond acceptors (Lipinski definition) is 0. The highest BCUT2D eigenvalue weighted by molar-refractivity contribution is 5.31. The van der Waals surface area contributed by atoms with Crippen LogP contribution in [0, 0.1) is 0 Å². The second-order valence-corrected chi connectivity index (χ2v) is 4.08. The predicted octanol–water partition coefficient (Wildman–Crippen LogP) is 1.42. The molecule has 3 nitrogen and oxygen atoms in total. The minimum Gasteiger partial charge on any atom is -0.412 e. The molecule has 0 spiro atoms. The molecule has 0 atom stereocenters. The van der Waals surface area contributed by atoms with Crippen LogP contribution in [-0.2, 0) is 0 Å². The monoisotopic (exact) mass is 252 g/mol. The van der Waals surface area contributed by atoms with E-state index in [0.717, 1.165) is 11.4 Å². The van der Waals surface area contributed by atoms with Gasteiger partial charge in [-0.2, -0.15) is 9.13 Å². The average Bonchev–Trinajstić information content (AvgIpc) is 2.49. The van der Waals surface area contributed by atoms with Crippen LogP contribution in [0.4, 0.5) is 0 Å². The zero-order valence-electron chi connectivity index (χ0n) is 10.5. The molecule has 0 aliphatic heterocycles. The van der Waals surface area contributed by atoms with Gasteiger partial charge >= 0.3 is 0 Å². The minimum absolute atomic E-state index is 0. The van der Waals surface area contributed by atoms with Crippen LogP contribution in [0.25, 0.3) is 11.4 Å². The summed E-state index contributed by atoms with van der Waals surface area (Å²) in [6, 6.07) is 20.6. The molecule has 3 aromatic rings. The average molecular weight is 252 g/mol. The van der Waals surface area contributed by atoms with Gasteiger partial charge in [-0.1, -0.05) is 12.1 Å². The highest BCUT2D eigenvalue weighted by atomic mass is 16.0.